The third-order valence-corrected chi connectivity index (χ3v) is 1.92. The van der Waals surface area contributed by atoms with Crippen molar-refractivity contribution in [1.82, 2.24) is 10.3 Å². The number of aromatic nitrogens is 1. The fourth-order valence-electron chi connectivity index (χ4n) is 0.890. The number of carbonyl (C=O) groups excluding carboxylic acids is 2. The smallest absolute Gasteiger partial charge is 0.243 e. The van der Waals surface area contributed by atoms with Crippen molar-refractivity contribution in [1.29, 1.82) is 0 Å². The lowest BCUT2D eigenvalue weighted by Gasteiger charge is -2.05. The fourth-order valence-corrected chi connectivity index (χ4v) is 1.25. The lowest BCUT2D eigenvalue weighted by Crippen LogP contribution is -2.31. The van der Waals surface area contributed by atoms with Gasteiger partial charge >= 0.3 is 0 Å². The Kier molecular flexibility index (Phi) is 4.23. The third-order valence-electron chi connectivity index (χ3n) is 1.49. The van der Waals surface area contributed by atoms with Crippen LogP contribution in [0.4, 0.5) is 5.69 Å². The standard InChI is InChI=1S/C9H10BrN3O2/c1-6(14)12-5-9(15)13-8-2-7(10)3-11-4-8/h2-4H,5H2,1H3,(H,12,14)(H,13,15). The first-order valence-electron chi connectivity index (χ1n) is 4.23. The van der Waals surface area contributed by atoms with Gasteiger partial charge in [-0.25, -0.2) is 0 Å². The first-order valence-corrected chi connectivity index (χ1v) is 5.02. The topological polar surface area (TPSA) is 71.1 Å². The molecule has 0 spiro atoms. The number of nitrogens with one attached hydrogen (secondary N) is 2. The van der Waals surface area contributed by atoms with E-state index >= 15 is 0 Å². The Hall–Kier alpha value is -1.43. The number of hydrogen-bond donors (Lipinski definition) is 2. The molecule has 0 fully saturated rings. The van der Waals surface area contributed by atoms with E-state index in [2.05, 4.69) is 31.5 Å². The minimum absolute atomic E-state index is 0.0398. The van der Waals surface area contributed by atoms with Crippen LogP contribution in [0.2, 0.25) is 0 Å². The molecule has 2 N–H and O–H groups in total. The van der Waals surface area contributed by atoms with Crippen molar-refractivity contribution in [3.05, 3.63) is 22.9 Å². The molecule has 0 atom stereocenters. The number of amides is 2. The zero-order chi connectivity index (χ0) is 11.3. The van der Waals surface area contributed by atoms with E-state index in [4.69, 9.17) is 0 Å². The molecule has 0 unspecified atom stereocenters. The van der Waals surface area contributed by atoms with Gasteiger partial charge < -0.3 is 10.6 Å². The Morgan fingerprint density at radius 1 is 1.47 bits per heavy atom. The van der Waals surface area contributed by atoms with Crippen LogP contribution in [0.25, 0.3) is 0 Å². The fraction of sp³-hybridized carbons (Fsp3) is 0.222. The van der Waals surface area contributed by atoms with Gasteiger partial charge in [0.25, 0.3) is 0 Å². The Labute approximate surface area is 95.4 Å². The van der Waals surface area contributed by atoms with Gasteiger partial charge in [-0.2, -0.15) is 0 Å². The van der Waals surface area contributed by atoms with E-state index in [0.717, 1.165) is 4.47 Å². The van der Waals surface area contributed by atoms with Crippen LogP contribution < -0.4 is 10.6 Å². The summed E-state index contributed by atoms with van der Waals surface area (Å²) < 4.78 is 0.778. The van der Waals surface area contributed by atoms with Gasteiger partial charge in [0.2, 0.25) is 11.8 Å². The van der Waals surface area contributed by atoms with E-state index in [0.29, 0.717) is 5.69 Å². The average Bonchev–Trinajstić information content (AvgIpc) is 2.15. The summed E-state index contributed by atoms with van der Waals surface area (Å²) in [6.45, 7) is 1.32. The minimum atomic E-state index is -0.287. The summed E-state index contributed by atoms with van der Waals surface area (Å²) in [6.07, 6.45) is 3.14. The Morgan fingerprint density at radius 2 is 2.20 bits per heavy atom. The number of hydrogen-bond acceptors (Lipinski definition) is 3. The zero-order valence-electron chi connectivity index (χ0n) is 8.08. The van der Waals surface area contributed by atoms with Gasteiger partial charge in [-0.1, -0.05) is 0 Å². The summed E-state index contributed by atoms with van der Waals surface area (Å²) in [5.41, 5.74) is 0.583. The highest BCUT2D eigenvalue weighted by molar-refractivity contribution is 9.10. The maximum Gasteiger partial charge on any atom is 0.243 e. The van der Waals surface area contributed by atoms with E-state index in [1.54, 1.807) is 12.3 Å². The third kappa shape index (κ3) is 4.55. The van der Waals surface area contributed by atoms with Crippen molar-refractivity contribution in [2.75, 3.05) is 11.9 Å². The highest BCUT2D eigenvalue weighted by Gasteiger charge is 2.03. The number of halogens is 1. The van der Waals surface area contributed by atoms with E-state index < -0.39 is 0 Å². The van der Waals surface area contributed by atoms with Crippen LogP contribution >= 0.6 is 15.9 Å². The van der Waals surface area contributed by atoms with E-state index in [-0.39, 0.29) is 18.4 Å². The van der Waals surface area contributed by atoms with Crippen molar-refractivity contribution in [3.8, 4) is 0 Å². The molecule has 0 aliphatic heterocycles. The molecule has 6 heteroatoms. The largest absolute Gasteiger partial charge is 0.347 e. The second kappa shape index (κ2) is 5.45. The summed E-state index contributed by atoms with van der Waals surface area (Å²) in [5, 5.41) is 4.99. The second-order valence-electron chi connectivity index (χ2n) is 2.85. The van der Waals surface area contributed by atoms with Crippen molar-refractivity contribution >= 4 is 33.4 Å². The lowest BCUT2D eigenvalue weighted by atomic mass is 10.4. The molecule has 1 aromatic heterocycles. The summed E-state index contributed by atoms with van der Waals surface area (Å²) >= 11 is 3.23. The molecule has 15 heavy (non-hydrogen) atoms. The van der Waals surface area contributed by atoms with E-state index in [9.17, 15) is 9.59 Å². The maximum atomic E-state index is 11.3. The monoisotopic (exact) mass is 271 g/mol. The second-order valence-corrected chi connectivity index (χ2v) is 3.77. The number of rotatable bonds is 3. The van der Waals surface area contributed by atoms with Gasteiger partial charge in [-0.05, 0) is 22.0 Å². The van der Waals surface area contributed by atoms with Crippen molar-refractivity contribution in [2.24, 2.45) is 0 Å². The Bertz CT molecular complexity index is 381. The van der Waals surface area contributed by atoms with E-state index in [1.807, 2.05) is 0 Å². The molecule has 0 bridgehead atoms. The van der Waals surface area contributed by atoms with Crippen LogP contribution in [0.5, 0.6) is 0 Å². The quantitative estimate of drug-likeness (QED) is 0.859. The average molecular weight is 272 g/mol. The van der Waals surface area contributed by atoms with Crippen LogP contribution in [-0.2, 0) is 9.59 Å². The molecular formula is C9H10BrN3O2. The molecule has 80 valence electrons. The molecule has 0 saturated heterocycles. The molecule has 0 saturated carbocycles. The number of pyridine rings is 1. The predicted octanol–water partition coefficient (Wildman–Crippen LogP) is 0.919. The molecule has 0 radical (unpaired) electrons. The first kappa shape index (κ1) is 11.6. The van der Waals surface area contributed by atoms with Crippen molar-refractivity contribution in [3.63, 3.8) is 0 Å². The summed E-state index contributed by atoms with van der Waals surface area (Å²) in [7, 11) is 0. The molecular weight excluding hydrogens is 262 g/mol. The number of carbonyl (C=O) groups is 2. The van der Waals surface area contributed by atoms with Crippen molar-refractivity contribution < 1.29 is 9.59 Å². The molecule has 2 amide bonds. The van der Waals surface area contributed by atoms with Crippen LogP contribution in [-0.4, -0.2) is 23.3 Å². The summed E-state index contributed by atoms with van der Waals surface area (Å²) in [4.78, 5) is 25.7. The van der Waals surface area contributed by atoms with E-state index in [1.165, 1.54) is 13.1 Å². The Balaban J connectivity index is 2.48. The molecule has 0 aliphatic carbocycles. The molecule has 1 heterocycles. The number of nitrogens with zero attached hydrogens (tertiary/aromatic N) is 1. The normalized spacial score (nSPS) is 9.47. The van der Waals surface area contributed by atoms with Gasteiger partial charge in [-0.3, -0.25) is 14.6 Å². The molecule has 5 nitrogen and oxygen atoms in total. The van der Waals surface area contributed by atoms with Gasteiger partial charge in [0.1, 0.15) is 0 Å². The Morgan fingerprint density at radius 3 is 2.80 bits per heavy atom. The number of anilines is 1. The highest BCUT2D eigenvalue weighted by atomic mass is 79.9. The minimum Gasteiger partial charge on any atom is -0.347 e. The predicted molar refractivity (Wildman–Crippen MR) is 59.3 cm³/mol. The van der Waals surface area contributed by atoms with Gasteiger partial charge in [-0.15, -0.1) is 0 Å². The summed E-state index contributed by atoms with van der Waals surface area (Å²) in [6, 6.07) is 1.72. The van der Waals surface area contributed by atoms with Crippen LogP contribution in [0.3, 0.4) is 0 Å². The SMILES string of the molecule is CC(=O)NCC(=O)Nc1cncc(Br)c1. The van der Waals surface area contributed by atoms with Crippen molar-refractivity contribution in [2.45, 2.75) is 6.92 Å². The summed E-state index contributed by atoms with van der Waals surface area (Å²) in [5.74, 6) is -0.525. The molecule has 0 aromatic carbocycles. The molecule has 0 aliphatic rings. The molecule has 1 rings (SSSR count). The lowest BCUT2D eigenvalue weighted by molar-refractivity contribution is -0.122. The molecule has 1 aromatic rings. The zero-order valence-corrected chi connectivity index (χ0v) is 9.67. The van der Waals surface area contributed by atoms with Gasteiger partial charge in [0, 0.05) is 17.6 Å². The van der Waals surface area contributed by atoms with Crippen LogP contribution in [0, 0.1) is 0 Å². The van der Waals surface area contributed by atoms with Crippen LogP contribution in [0.1, 0.15) is 6.92 Å². The maximum absolute atomic E-state index is 11.3. The first-order chi connectivity index (χ1) is 7.08. The van der Waals surface area contributed by atoms with Gasteiger partial charge in [0.05, 0.1) is 18.4 Å². The van der Waals surface area contributed by atoms with Gasteiger partial charge in [0.15, 0.2) is 0 Å². The van der Waals surface area contributed by atoms with Crippen LogP contribution in [0.15, 0.2) is 22.9 Å². The highest BCUT2D eigenvalue weighted by Crippen LogP contribution is 2.13.